The molecule has 2 nitrogen and oxygen atoms in total. The van der Waals surface area contributed by atoms with Gasteiger partial charge in [-0.2, -0.15) is 0 Å². The summed E-state index contributed by atoms with van der Waals surface area (Å²) in [6, 6.07) is 0.0671. The third-order valence-electron chi connectivity index (χ3n) is 2.12. The number of fused-ring (bicyclic) bond motifs is 1. The van der Waals surface area contributed by atoms with Crippen LogP contribution in [0, 0.1) is 0 Å². The van der Waals surface area contributed by atoms with Crippen molar-refractivity contribution in [2.24, 2.45) is 0 Å². The first-order valence-corrected chi connectivity index (χ1v) is 3.95. The Morgan fingerprint density at radius 1 is 1.58 bits per heavy atom. The predicted molar refractivity (Wildman–Crippen MR) is 47.1 cm³/mol. The van der Waals surface area contributed by atoms with Crippen LogP contribution in [0.5, 0.6) is 0 Å². The number of carbonyl (C=O) groups excluding carboxylic acids is 1. The summed E-state index contributed by atoms with van der Waals surface area (Å²) >= 11 is 0. The third-order valence-corrected chi connectivity index (χ3v) is 2.12. The van der Waals surface area contributed by atoms with Crippen molar-refractivity contribution in [3.05, 3.63) is 41.7 Å². The third kappa shape index (κ3) is 1.03. The minimum Gasteiger partial charge on any atom is -0.380 e. The van der Waals surface area contributed by atoms with E-state index in [0.29, 0.717) is 5.57 Å². The van der Waals surface area contributed by atoms with Gasteiger partial charge in [0.25, 0.3) is 0 Å². The zero-order valence-corrected chi connectivity index (χ0v) is 6.58. The molecule has 1 atom stereocenters. The van der Waals surface area contributed by atoms with Crippen LogP contribution in [-0.2, 0) is 4.79 Å². The van der Waals surface area contributed by atoms with Gasteiger partial charge >= 0.3 is 0 Å². The maximum atomic E-state index is 10.5. The lowest BCUT2D eigenvalue weighted by molar-refractivity contribution is 0.564. The van der Waals surface area contributed by atoms with Gasteiger partial charge in [0, 0.05) is 0 Å². The Morgan fingerprint density at radius 2 is 2.50 bits per heavy atom. The molecule has 0 fully saturated rings. The van der Waals surface area contributed by atoms with E-state index in [1.54, 1.807) is 0 Å². The monoisotopic (exact) mass is 159 g/mol. The molecule has 2 rings (SSSR count). The average Bonchev–Trinajstić information content (AvgIpc) is 2.17. The van der Waals surface area contributed by atoms with E-state index < -0.39 is 0 Å². The molecule has 0 aromatic carbocycles. The van der Waals surface area contributed by atoms with Crippen molar-refractivity contribution < 1.29 is 4.79 Å². The van der Waals surface area contributed by atoms with Crippen LogP contribution >= 0.6 is 0 Å². The minimum absolute atomic E-state index is 0.0671. The molecule has 0 aromatic heterocycles. The summed E-state index contributed by atoms with van der Waals surface area (Å²) in [4.78, 5) is 10.5. The summed E-state index contributed by atoms with van der Waals surface area (Å²) in [5.74, 6) is 1.95. The molecule has 2 heteroatoms. The zero-order valence-electron chi connectivity index (χ0n) is 6.58. The Labute approximate surface area is 71.0 Å². The number of rotatable bonds is 0. The van der Waals surface area contributed by atoms with Crippen LogP contribution in [0.15, 0.2) is 41.7 Å². The molecule has 12 heavy (non-hydrogen) atoms. The summed E-state index contributed by atoms with van der Waals surface area (Å²) in [5.41, 5.74) is 1.93. The molecule has 0 saturated heterocycles. The Balaban J connectivity index is 2.41. The highest BCUT2D eigenvalue weighted by molar-refractivity contribution is 5.63. The SMILES string of the molecule is O=C=C1C=CCC2=CC=CNC12. The lowest BCUT2D eigenvalue weighted by Crippen LogP contribution is -2.31. The van der Waals surface area contributed by atoms with Crippen LogP contribution < -0.4 is 5.32 Å². The van der Waals surface area contributed by atoms with Gasteiger partial charge in [0.2, 0.25) is 0 Å². The molecule has 0 amide bonds. The molecule has 0 radical (unpaired) electrons. The van der Waals surface area contributed by atoms with Crippen LogP contribution in [0.2, 0.25) is 0 Å². The highest BCUT2D eigenvalue weighted by atomic mass is 16.1. The molecule has 0 aromatic rings. The highest BCUT2D eigenvalue weighted by Crippen LogP contribution is 2.22. The van der Waals surface area contributed by atoms with Crippen LogP contribution in [-0.4, -0.2) is 12.0 Å². The van der Waals surface area contributed by atoms with E-state index in [4.69, 9.17) is 0 Å². The second-order valence-corrected chi connectivity index (χ2v) is 2.86. The van der Waals surface area contributed by atoms with Gasteiger partial charge in [-0.3, -0.25) is 0 Å². The fourth-order valence-corrected chi connectivity index (χ4v) is 1.51. The molecule has 1 aliphatic heterocycles. The molecular weight excluding hydrogens is 150 g/mol. The maximum absolute atomic E-state index is 10.5. The van der Waals surface area contributed by atoms with Crippen molar-refractivity contribution >= 4 is 5.94 Å². The quantitative estimate of drug-likeness (QED) is 0.536. The van der Waals surface area contributed by atoms with E-state index in [-0.39, 0.29) is 6.04 Å². The summed E-state index contributed by atoms with van der Waals surface area (Å²) < 4.78 is 0. The van der Waals surface area contributed by atoms with E-state index >= 15 is 0 Å². The average molecular weight is 159 g/mol. The van der Waals surface area contributed by atoms with Crippen LogP contribution in [0.4, 0.5) is 0 Å². The van der Waals surface area contributed by atoms with E-state index in [1.807, 2.05) is 36.4 Å². The topological polar surface area (TPSA) is 29.1 Å². The van der Waals surface area contributed by atoms with Crippen LogP contribution in [0.25, 0.3) is 0 Å². The van der Waals surface area contributed by atoms with Crippen molar-refractivity contribution in [2.45, 2.75) is 12.5 Å². The van der Waals surface area contributed by atoms with Crippen molar-refractivity contribution in [3.63, 3.8) is 0 Å². The van der Waals surface area contributed by atoms with Crippen LogP contribution in [0.1, 0.15) is 6.42 Å². The number of nitrogens with one attached hydrogen (secondary N) is 1. The Kier molecular flexibility index (Phi) is 1.69. The Bertz CT molecular complexity index is 330. The standard InChI is InChI=1S/C10H9NO/c12-7-9-4-1-3-8-5-2-6-11-10(8)9/h1-2,4-6,10-11H,3H2. The molecule has 1 N–H and O–H groups in total. The van der Waals surface area contributed by atoms with E-state index in [0.717, 1.165) is 6.42 Å². The van der Waals surface area contributed by atoms with Gasteiger partial charge in [0.05, 0.1) is 11.6 Å². The van der Waals surface area contributed by atoms with Gasteiger partial charge in [-0.25, -0.2) is 4.79 Å². The first kappa shape index (κ1) is 7.14. The second-order valence-electron chi connectivity index (χ2n) is 2.86. The van der Waals surface area contributed by atoms with Crippen molar-refractivity contribution in [2.75, 3.05) is 0 Å². The molecule has 1 aliphatic carbocycles. The normalized spacial score (nSPS) is 25.5. The first-order valence-electron chi connectivity index (χ1n) is 3.95. The van der Waals surface area contributed by atoms with Crippen molar-refractivity contribution in [1.82, 2.24) is 5.32 Å². The number of allylic oxidation sites excluding steroid dienone is 3. The molecular formula is C10H9NO. The zero-order chi connectivity index (χ0) is 8.39. The number of hydrogen-bond donors (Lipinski definition) is 1. The Hall–Kier alpha value is -1.53. The second kappa shape index (κ2) is 2.84. The molecule has 0 saturated carbocycles. The smallest absolute Gasteiger partial charge is 0.130 e. The lowest BCUT2D eigenvalue weighted by atomic mass is 9.90. The fourth-order valence-electron chi connectivity index (χ4n) is 1.51. The first-order chi connectivity index (χ1) is 5.92. The molecule has 0 bridgehead atoms. The number of dihydropyridines is 1. The van der Waals surface area contributed by atoms with E-state index in [1.165, 1.54) is 5.57 Å². The van der Waals surface area contributed by atoms with Crippen molar-refractivity contribution in [3.8, 4) is 0 Å². The molecule has 2 aliphatic rings. The molecule has 60 valence electrons. The van der Waals surface area contributed by atoms with Crippen LogP contribution in [0.3, 0.4) is 0 Å². The molecule has 1 unspecified atom stereocenters. The molecule has 0 spiro atoms. The van der Waals surface area contributed by atoms with Gasteiger partial charge in [0.1, 0.15) is 5.94 Å². The minimum atomic E-state index is 0.0671. The summed E-state index contributed by atoms with van der Waals surface area (Å²) in [7, 11) is 0. The summed E-state index contributed by atoms with van der Waals surface area (Å²) in [6.07, 6.45) is 10.6. The Morgan fingerprint density at radius 3 is 3.33 bits per heavy atom. The highest BCUT2D eigenvalue weighted by Gasteiger charge is 2.20. The van der Waals surface area contributed by atoms with Gasteiger partial charge in [-0.05, 0) is 30.3 Å². The maximum Gasteiger partial charge on any atom is 0.130 e. The predicted octanol–water partition coefficient (Wildman–Crippen LogP) is 1.12. The van der Waals surface area contributed by atoms with E-state index in [9.17, 15) is 4.79 Å². The van der Waals surface area contributed by atoms with Gasteiger partial charge in [0.15, 0.2) is 0 Å². The van der Waals surface area contributed by atoms with Gasteiger partial charge in [-0.1, -0.05) is 12.2 Å². The van der Waals surface area contributed by atoms with Gasteiger partial charge in [-0.15, -0.1) is 0 Å². The van der Waals surface area contributed by atoms with Crippen molar-refractivity contribution in [1.29, 1.82) is 0 Å². The fraction of sp³-hybridized carbons (Fsp3) is 0.200. The van der Waals surface area contributed by atoms with Gasteiger partial charge < -0.3 is 5.32 Å². The van der Waals surface area contributed by atoms with E-state index in [2.05, 4.69) is 5.32 Å². The lowest BCUT2D eigenvalue weighted by Gasteiger charge is -2.24. The summed E-state index contributed by atoms with van der Waals surface area (Å²) in [5, 5.41) is 3.12. The molecule has 1 heterocycles. The largest absolute Gasteiger partial charge is 0.380 e. The summed E-state index contributed by atoms with van der Waals surface area (Å²) in [6.45, 7) is 0. The number of hydrogen-bond acceptors (Lipinski definition) is 2.